The van der Waals surface area contributed by atoms with Crippen LogP contribution in [-0.2, 0) is 10.0 Å². The van der Waals surface area contributed by atoms with Crippen molar-refractivity contribution in [3.8, 4) is 0 Å². The fourth-order valence-corrected chi connectivity index (χ4v) is 4.16. The van der Waals surface area contributed by atoms with Crippen LogP contribution in [0.4, 0.5) is 11.4 Å². The van der Waals surface area contributed by atoms with Crippen LogP contribution in [0.2, 0.25) is 0 Å². The molecule has 1 aromatic rings. The number of aryl methyl sites for hydroxylation is 1. The van der Waals surface area contributed by atoms with Crippen molar-refractivity contribution in [1.82, 2.24) is 4.72 Å². The van der Waals surface area contributed by atoms with Gasteiger partial charge >= 0.3 is 0 Å². The summed E-state index contributed by atoms with van der Waals surface area (Å²) in [5, 5.41) is 10.9. The van der Waals surface area contributed by atoms with Crippen LogP contribution in [0.15, 0.2) is 17.0 Å². The van der Waals surface area contributed by atoms with Gasteiger partial charge in [-0.2, -0.15) is 0 Å². The van der Waals surface area contributed by atoms with E-state index >= 15 is 0 Å². The fourth-order valence-electron chi connectivity index (χ4n) is 2.44. The Morgan fingerprint density at radius 3 is 2.43 bits per heavy atom. The van der Waals surface area contributed by atoms with Crippen molar-refractivity contribution in [2.75, 3.05) is 5.73 Å². The Bertz CT molecular complexity index is 694. The van der Waals surface area contributed by atoms with Crippen LogP contribution < -0.4 is 10.5 Å². The summed E-state index contributed by atoms with van der Waals surface area (Å²) in [7, 11) is -3.84. The molecule has 1 saturated carbocycles. The number of anilines is 1. The van der Waals surface area contributed by atoms with Crippen LogP contribution in [0.5, 0.6) is 0 Å². The van der Waals surface area contributed by atoms with Gasteiger partial charge in [-0.15, -0.1) is 0 Å². The van der Waals surface area contributed by atoms with E-state index in [1.807, 2.05) is 13.8 Å². The van der Waals surface area contributed by atoms with E-state index in [-0.39, 0.29) is 10.6 Å². The molecule has 1 fully saturated rings. The van der Waals surface area contributed by atoms with Crippen LogP contribution >= 0.6 is 0 Å². The molecule has 0 bridgehead atoms. The lowest BCUT2D eigenvalue weighted by Gasteiger charge is -2.26. The molecule has 0 atom stereocenters. The van der Waals surface area contributed by atoms with E-state index in [0.717, 1.165) is 18.9 Å². The molecule has 8 heteroatoms. The first-order valence-corrected chi connectivity index (χ1v) is 8.11. The first kappa shape index (κ1) is 15.7. The van der Waals surface area contributed by atoms with Gasteiger partial charge in [-0.05, 0) is 51.2 Å². The quantitative estimate of drug-likeness (QED) is 0.489. The van der Waals surface area contributed by atoms with Crippen molar-refractivity contribution in [2.45, 2.75) is 44.0 Å². The number of nitrogens with zero attached hydrogens (tertiary/aromatic N) is 1. The van der Waals surface area contributed by atoms with Gasteiger partial charge in [-0.3, -0.25) is 10.1 Å². The van der Waals surface area contributed by atoms with Crippen LogP contribution in [-0.4, -0.2) is 18.9 Å². The normalized spacial score (nSPS) is 16.0. The van der Waals surface area contributed by atoms with Crippen LogP contribution in [0.3, 0.4) is 0 Å². The molecular formula is C13H19N3O4S. The minimum atomic E-state index is -3.84. The Kier molecular flexibility index (Phi) is 3.71. The minimum absolute atomic E-state index is 0.0436. The van der Waals surface area contributed by atoms with E-state index in [4.69, 9.17) is 5.73 Å². The highest BCUT2D eigenvalue weighted by Gasteiger charge is 2.41. The van der Waals surface area contributed by atoms with Crippen molar-refractivity contribution < 1.29 is 13.3 Å². The molecule has 2 rings (SSSR count). The first-order chi connectivity index (χ1) is 9.54. The summed E-state index contributed by atoms with van der Waals surface area (Å²) in [6, 6.07) is 2.34. The van der Waals surface area contributed by atoms with Gasteiger partial charge in [0.1, 0.15) is 5.69 Å². The van der Waals surface area contributed by atoms with Gasteiger partial charge in [0, 0.05) is 11.6 Å². The highest BCUT2D eigenvalue weighted by Crippen LogP contribution is 2.40. The zero-order valence-electron chi connectivity index (χ0n) is 12.2. The van der Waals surface area contributed by atoms with Gasteiger partial charge in [0.2, 0.25) is 10.0 Å². The molecule has 0 heterocycles. The number of nitrogen functional groups attached to an aromatic ring is 1. The molecule has 1 aliphatic rings. The average molecular weight is 313 g/mol. The van der Waals surface area contributed by atoms with Gasteiger partial charge in [0.15, 0.2) is 0 Å². The average Bonchev–Trinajstić information content (AvgIpc) is 3.09. The summed E-state index contributed by atoms with van der Waals surface area (Å²) >= 11 is 0. The highest BCUT2D eigenvalue weighted by molar-refractivity contribution is 7.89. The van der Waals surface area contributed by atoms with E-state index in [9.17, 15) is 18.5 Å². The maximum atomic E-state index is 12.5. The van der Waals surface area contributed by atoms with Gasteiger partial charge < -0.3 is 5.73 Å². The van der Waals surface area contributed by atoms with E-state index in [1.54, 1.807) is 6.92 Å². The Balaban J connectivity index is 2.44. The Hall–Kier alpha value is -1.67. The number of rotatable bonds is 5. The number of nitrogens with one attached hydrogen (secondary N) is 1. The molecule has 0 amide bonds. The maximum absolute atomic E-state index is 12.5. The second-order valence-electron chi connectivity index (χ2n) is 6.04. The van der Waals surface area contributed by atoms with Crippen molar-refractivity contribution in [3.05, 3.63) is 27.8 Å². The Morgan fingerprint density at radius 2 is 1.95 bits per heavy atom. The van der Waals surface area contributed by atoms with E-state index in [2.05, 4.69) is 4.72 Å². The van der Waals surface area contributed by atoms with Crippen molar-refractivity contribution in [2.24, 2.45) is 5.92 Å². The summed E-state index contributed by atoms with van der Waals surface area (Å²) in [6.07, 6.45) is 1.97. The first-order valence-electron chi connectivity index (χ1n) is 6.63. The predicted molar refractivity (Wildman–Crippen MR) is 79.4 cm³/mol. The van der Waals surface area contributed by atoms with Gasteiger partial charge in [-0.25, -0.2) is 13.1 Å². The molecule has 0 spiro atoms. The smallest absolute Gasteiger partial charge is 0.293 e. The molecule has 21 heavy (non-hydrogen) atoms. The third kappa shape index (κ3) is 3.16. The third-order valence-corrected chi connectivity index (χ3v) is 5.62. The fraction of sp³-hybridized carbons (Fsp3) is 0.538. The second-order valence-corrected chi connectivity index (χ2v) is 7.69. The summed E-state index contributed by atoms with van der Waals surface area (Å²) in [4.78, 5) is 10.1. The molecule has 0 aromatic heterocycles. The summed E-state index contributed by atoms with van der Waals surface area (Å²) < 4.78 is 27.7. The van der Waals surface area contributed by atoms with Crippen LogP contribution in [0.25, 0.3) is 0 Å². The standard InChI is InChI=1S/C13H19N3O4S/c1-8-6-10(14)11(16(17)18)7-12(8)21(19,20)15-13(2,3)9-4-5-9/h6-7,9,15H,4-5,14H2,1-3H3. The lowest BCUT2D eigenvalue weighted by Crippen LogP contribution is -2.45. The lowest BCUT2D eigenvalue weighted by molar-refractivity contribution is -0.384. The monoisotopic (exact) mass is 313 g/mol. The zero-order chi connectivity index (χ0) is 16.0. The zero-order valence-corrected chi connectivity index (χ0v) is 13.0. The molecule has 0 saturated heterocycles. The van der Waals surface area contributed by atoms with Gasteiger partial charge in [0.05, 0.1) is 9.82 Å². The third-order valence-electron chi connectivity index (χ3n) is 3.81. The van der Waals surface area contributed by atoms with Crippen molar-refractivity contribution >= 4 is 21.4 Å². The number of hydrogen-bond donors (Lipinski definition) is 2. The van der Waals surface area contributed by atoms with Crippen LogP contribution in [0.1, 0.15) is 32.3 Å². The summed E-state index contributed by atoms with van der Waals surface area (Å²) in [5.41, 5.74) is 4.94. The Labute approximate surface area is 123 Å². The molecule has 0 radical (unpaired) electrons. The number of nitrogens with two attached hydrogens (primary N) is 1. The minimum Gasteiger partial charge on any atom is -0.393 e. The van der Waals surface area contributed by atoms with Crippen molar-refractivity contribution in [3.63, 3.8) is 0 Å². The summed E-state index contributed by atoms with van der Waals surface area (Å²) in [5.74, 6) is 0.302. The topological polar surface area (TPSA) is 115 Å². The van der Waals surface area contributed by atoms with Gasteiger partial charge in [-0.1, -0.05) is 0 Å². The molecule has 0 unspecified atom stereocenters. The molecule has 1 aliphatic carbocycles. The maximum Gasteiger partial charge on any atom is 0.293 e. The molecule has 7 nitrogen and oxygen atoms in total. The number of nitro benzene ring substituents is 1. The van der Waals surface area contributed by atoms with E-state index in [1.165, 1.54) is 6.07 Å². The number of nitro groups is 1. The largest absolute Gasteiger partial charge is 0.393 e. The molecule has 3 N–H and O–H groups in total. The molecule has 0 aliphatic heterocycles. The molecule has 1 aromatic carbocycles. The predicted octanol–water partition coefficient (Wildman–Crippen LogP) is 1.95. The highest BCUT2D eigenvalue weighted by atomic mass is 32.2. The van der Waals surface area contributed by atoms with Crippen molar-refractivity contribution in [1.29, 1.82) is 0 Å². The SMILES string of the molecule is Cc1cc(N)c([N+](=O)[O-])cc1S(=O)(=O)NC(C)(C)C1CC1. The van der Waals surface area contributed by atoms with E-state index < -0.39 is 26.2 Å². The second kappa shape index (κ2) is 4.96. The molecular weight excluding hydrogens is 294 g/mol. The number of benzene rings is 1. The number of hydrogen-bond acceptors (Lipinski definition) is 5. The van der Waals surface area contributed by atoms with Gasteiger partial charge in [0.25, 0.3) is 5.69 Å². The van der Waals surface area contributed by atoms with Crippen LogP contribution in [0, 0.1) is 23.0 Å². The number of sulfonamides is 1. The summed E-state index contributed by atoms with van der Waals surface area (Å²) in [6.45, 7) is 5.21. The van der Waals surface area contributed by atoms with E-state index in [0.29, 0.717) is 11.5 Å². The molecule has 116 valence electrons. The lowest BCUT2D eigenvalue weighted by atomic mass is 10.0. The Morgan fingerprint density at radius 1 is 1.38 bits per heavy atom.